The Bertz CT molecular complexity index is 475. The molecule has 0 spiro atoms. The summed E-state index contributed by atoms with van der Waals surface area (Å²) in [6.45, 7) is 1.34. The maximum Gasteiger partial charge on any atom is 0.272 e. The van der Waals surface area contributed by atoms with Crippen LogP contribution in [0.15, 0.2) is 18.2 Å². The Morgan fingerprint density at radius 2 is 2.16 bits per heavy atom. The molecule has 0 aromatic heterocycles. The highest BCUT2D eigenvalue weighted by Gasteiger charge is 2.30. The van der Waals surface area contributed by atoms with Gasteiger partial charge in [-0.3, -0.25) is 10.1 Å². The molecule has 1 aromatic rings. The number of nitro groups is 1. The SMILES string of the molecule is O=[N+]([O-])c1ccc(OCC2(O)CCNCC2)c(F)c1. The van der Waals surface area contributed by atoms with Crippen molar-refractivity contribution >= 4 is 5.69 Å². The highest BCUT2D eigenvalue weighted by atomic mass is 19.1. The van der Waals surface area contributed by atoms with Crippen molar-refractivity contribution in [2.24, 2.45) is 0 Å². The molecule has 1 heterocycles. The summed E-state index contributed by atoms with van der Waals surface area (Å²) >= 11 is 0. The molecule has 2 N–H and O–H groups in total. The zero-order valence-corrected chi connectivity index (χ0v) is 10.3. The van der Waals surface area contributed by atoms with E-state index in [4.69, 9.17) is 4.74 Å². The van der Waals surface area contributed by atoms with Crippen molar-refractivity contribution in [1.29, 1.82) is 0 Å². The van der Waals surface area contributed by atoms with Gasteiger partial charge in [0.05, 0.1) is 11.0 Å². The van der Waals surface area contributed by atoms with Crippen LogP contribution in [-0.2, 0) is 0 Å². The number of aliphatic hydroxyl groups is 1. The van der Waals surface area contributed by atoms with Gasteiger partial charge in [0.25, 0.3) is 5.69 Å². The van der Waals surface area contributed by atoms with Gasteiger partial charge < -0.3 is 15.2 Å². The molecule has 0 radical (unpaired) electrons. The normalized spacial score (nSPS) is 18.0. The lowest BCUT2D eigenvalue weighted by Crippen LogP contribution is -2.46. The van der Waals surface area contributed by atoms with Crippen molar-refractivity contribution in [1.82, 2.24) is 5.32 Å². The van der Waals surface area contributed by atoms with Gasteiger partial charge in [-0.1, -0.05) is 0 Å². The number of piperidine rings is 1. The zero-order valence-electron chi connectivity index (χ0n) is 10.3. The molecule has 0 aliphatic carbocycles. The second-order valence-corrected chi connectivity index (χ2v) is 4.63. The quantitative estimate of drug-likeness (QED) is 0.635. The number of ether oxygens (including phenoxy) is 1. The number of hydrogen-bond acceptors (Lipinski definition) is 5. The number of nitrogens with one attached hydrogen (secondary N) is 1. The minimum absolute atomic E-state index is 0.0244. The second-order valence-electron chi connectivity index (χ2n) is 4.63. The molecule has 0 bridgehead atoms. The fourth-order valence-corrected chi connectivity index (χ4v) is 1.97. The number of hydrogen-bond donors (Lipinski definition) is 2. The smallest absolute Gasteiger partial charge is 0.272 e. The maximum absolute atomic E-state index is 13.6. The van der Waals surface area contributed by atoms with E-state index in [2.05, 4.69) is 5.32 Å². The lowest BCUT2D eigenvalue weighted by atomic mass is 9.93. The molecule has 104 valence electrons. The molecule has 1 fully saturated rings. The van der Waals surface area contributed by atoms with Gasteiger partial charge in [0.2, 0.25) is 0 Å². The fourth-order valence-electron chi connectivity index (χ4n) is 1.97. The third-order valence-corrected chi connectivity index (χ3v) is 3.16. The first-order chi connectivity index (χ1) is 9.00. The Labute approximate surface area is 109 Å². The van der Waals surface area contributed by atoms with Crippen molar-refractivity contribution in [3.8, 4) is 5.75 Å². The Balaban J connectivity index is 2.01. The highest BCUT2D eigenvalue weighted by Crippen LogP contribution is 2.25. The molecule has 0 amide bonds. The van der Waals surface area contributed by atoms with Gasteiger partial charge >= 0.3 is 0 Å². The number of benzene rings is 1. The van der Waals surface area contributed by atoms with E-state index >= 15 is 0 Å². The summed E-state index contributed by atoms with van der Waals surface area (Å²) in [5.41, 5.74) is -1.30. The predicted octanol–water partition coefficient (Wildman–Crippen LogP) is 1.23. The third-order valence-electron chi connectivity index (χ3n) is 3.16. The molecule has 0 saturated carbocycles. The first kappa shape index (κ1) is 13.7. The van der Waals surface area contributed by atoms with Gasteiger partial charge in [-0.15, -0.1) is 0 Å². The van der Waals surface area contributed by atoms with Gasteiger partial charge in [0, 0.05) is 6.07 Å². The van der Waals surface area contributed by atoms with Crippen LogP contribution in [0.1, 0.15) is 12.8 Å². The van der Waals surface area contributed by atoms with Gasteiger partial charge in [-0.2, -0.15) is 0 Å². The van der Waals surface area contributed by atoms with Crippen molar-refractivity contribution in [3.63, 3.8) is 0 Å². The summed E-state index contributed by atoms with van der Waals surface area (Å²) in [4.78, 5) is 9.80. The van der Waals surface area contributed by atoms with Crippen LogP contribution in [0, 0.1) is 15.9 Å². The van der Waals surface area contributed by atoms with Crippen LogP contribution in [-0.4, -0.2) is 35.3 Å². The number of non-ortho nitro benzene ring substituents is 1. The fraction of sp³-hybridized carbons (Fsp3) is 0.500. The van der Waals surface area contributed by atoms with Crippen LogP contribution in [0.3, 0.4) is 0 Å². The number of rotatable bonds is 4. The van der Waals surface area contributed by atoms with Crippen LogP contribution in [0.25, 0.3) is 0 Å². The Morgan fingerprint density at radius 1 is 1.47 bits per heavy atom. The second kappa shape index (κ2) is 5.50. The first-order valence-electron chi connectivity index (χ1n) is 6.00. The molecule has 1 aromatic carbocycles. The van der Waals surface area contributed by atoms with E-state index in [0.717, 1.165) is 6.07 Å². The minimum Gasteiger partial charge on any atom is -0.488 e. The first-order valence-corrected chi connectivity index (χ1v) is 6.00. The van der Waals surface area contributed by atoms with Crippen LogP contribution in [0.2, 0.25) is 0 Å². The Kier molecular flexibility index (Phi) is 3.96. The highest BCUT2D eigenvalue weighted by molar-refractivity contribution is 5.37. The van der Waals surface area contributed by atoms with Crippen LogP contribution < -0.4 is 10.1 Å². The molecule has 0 atom stereocenters. The van der Waals surface area contributed by atoms with Gasteiger partial charge in [0.15, 0.2) is 11.6 Å². The summed E-state index contributed by atoms with van der Waals surface area (Å²) in [7, 11) is 0. The van der Waals surface area contributed by atoms with E-state index in [0.29, 0.717) is 25.9 Å². The van der Waals surface area contributed by atoms with Crippen molar-refractivity contribution in [3.05, 3.63) is 34.1 Å². The van der Waals surface area contributed by atoms with Crippen molar-refractivity contribution < 1.29 is 19.2 Å². The predicted molar refractivity (Wildman–Crippen MR) is 65.6 cm³/mol. The lowest BCUT2D eigenvalue weighted by molar-refractivity contribution is -0.385. The molecule has 1 aliphatic heterocycles. The summed E-state index contributed by atoms with van der Waals surface area (Å²) < 4.78 is 18.8. The van der Waals surface area contributed by atoms with E-state index in [-0.39, 0.29) is 18.0 Å². The van der Waals surface area contributed by atoms with Crippen LogP contribution >= 0.6 is 0 Å². The van der Waals surface area contributed by atoms with E-state index < -0.39 is 16.3 Å². The van der Waals surface area contributed by atoms with E-state index in [1.165, 1.54) is 12.1 Å². The van der Waals surface area contributed by atoms with E-state index in [9.17, 15) is 19.6 Å². The van der Waals surface area contributed by atoms with Crippen molar-refractivity contribution in [2.45, 2.75) is 18.4 Å². The summed E-state index contributed by atoms with van der Waals surface area (Å²) in [6, 6.07) is 3.19. The molecule has 19 heavy (non-hydrogen) atoms. The minimum atomic E-state index is -0.973. The largest absolute Gasteiger partial charge is 0.488 e. The average Bonchev–Trinajstić information content (AvgIpc) is 2.38. The molecular weight excluding hydrogens is 255 g/mol. The van der Waals surface area contributed by atoms with E-state index in [1.54, 1.807) is 0 Å². The van der Waals surface area contributed by atoms with Crippen molar-refractivity contribution in [2.75, 3.05) is 19.7 Å². The molecule has 0 unspecified atom stereocenters. The molecule has 6 nitrogen and oxygen atoms in total. The molecular formula is C12H15FN2O4. The number of nitrogens with zero attached hydrogens (tertiary/aromatic N) is 1. The standard InChI is InChI=1S/C12H15FN2O4/c13-10-7-9(15(17)18)1-2-11(10)19-8-12(16)3-5-14-6-4-12/h1-2,7,14,16H,3-6,8H2. The molecule has 2 rings (SSSR count). The zero-order chi connectivity index (χ0) is 13.9. The average molecular weight is 270 g/mol. The van der Waals surface area contributed by atoms with E-state index in [1.807, 2.05) is 0 Å². The molecule has 1 aliphatic rings. The monoisotopic (exact) mass is 270 g/mol. The lowest BCUT2D eigenvalue weighted by Gasteiger charge is -2.32. The summed E-state index contributed by atoms with van der Waals surface area (Å²) in [5, 5.41) is 23.7. The summed E-state index contributed by atoms with van der Waals surface area (Å²) in [5.74, 6) is -0.885. The Morgan fingerprint density at radius 3 is 2.74 bits per heavy atom. The molecule has 7 heteroatoms. The molecule has 1 saturated heterocycles. The van der Waals surface area contributed by atoms with Gasteiger partial charge in [-0.05, 0) is 32.0 Å². The van der Waals surface area contributed by atoms with Gasteiger partial charge in [0.1, 0.15) is 12.2 Å². The van der Waals surface area contributed by atoms with Crippen LogP contribution in [0.5, 0.6) is 5.75 Å². The van der Waals surface area contributed by atoms with Crippen LogP contribution in [0.4, 0.5) is 10.1 Å². The Hall–Kier alpha value is -1.73. The number of halogens is 1. The summed E-state index contributed by atoms with van der Waals surface area (Å²) in [6.07, 6.45) is 1.06. The number of nitro benzene ring substituents is 1. The maximum atomic E-state index is 13.6. The van der Waals surface area contributed by atoms with Gasteiger partial charge in [-0.25, -0.2) is 4.39 Å². The topological polar surface area (TPSA) is 84.6 Å². The third kappa shape index (κ3) is 3.39.